The van der Waals surface area contributed by atoms with Gasteiger partial charge in [0.15, 0.2) is 0 Å². The molecule has 4 nitrogen and oxygen atoms in total. The molecule has 2 unspecified atom stereocenters. The van der Waals surface area contributed by atoms with Crippen molar-refractivity contribution in [2.75, 3.05) is 23.7 Å². The molecule has 2 aliphatic heterocycles. The lowest BCUT2D eigenvalue weighted by Gasteiger charge is -2.42. The van der Waals surface area contributed by atoms with Gasteiger partial charge < -0.3 is 16.0 Å². The van der Waals surface area contributed by atoms with Crippen molar-refractivity contribution in [2.45, 2.75) is 32.2 Å². The Morgan fingerprint density at radius 2 is 2.16 bits per heavy atom. The van der Waals surface area contributed by atoms with Crippen LogP contribution in [-0.2, 0) is 4.79 Å². The second-order valence-electron chi connectivity index (χ2n) is 5.81. The minimum absolute atomic E-state index is 0.217. The van der Waals surface area contributed by atoms with Crippen molar-refractivity contribution in [3.05, 3.63) is 23.8 Å². The van der Waals surface area contributed by atoms with Crippen LogP contribution in [-0.4, -0.2) is 25.0 Å². The number of carbonyl (C=O) groups excluding carboxylic acids is 1. The minimum Gasteiger partial charge on any atom is -0.399 e. The van der Waals surface area contributed by atoms with Gasteiger partial charge in [-0.3, -0.25) is 4.79 Å². The second-order valence-corrected chi connectivity index (χ2v) is 5.81. The maximum absolute atomic E-state index is 11.4. The van der Waals surface area contributed by atoms with Crippen molar-refractivity contribution in [1.82, 2.24) is 5.32 Å². The van der Waals surface area contributed by atoms with Crippen molar-refractivity contribution >= 4 is 17.3 Å². The molecule has 4 heteroatoms. The third kappa shape index (κ3) is 2.53. The van der Waals surface area contributed by atoms with Crippen LogP contribution in [0.4, 0.5) is 11.4 Å². The van der Waals surface area contributed by atoms with Gasteiger partial charge in [-0.25, -0.2) is 0 Å². The van der Waals surface area contributed by atoms with E-state index in [1.165, 1.54) is 11.3 Å². The van der Waals surface area contributed by atoms with Crippen molar-refractivity contribution in [3.63, 3.8) is 0 Å². The number of fused-ring (bicyclic) bond motifs is 1. The first-order valence-electron chi connectivity index (χ1n) is 7.03. The molecule has 1 amide bonds. The summed E-state index contributed by atoms with van der Waals surface area (Å²) in [4.78, 5) is 13.8. The van der Waals surface area contributed by atoms with Gasteiger partial charge in [-0.2, -0.15) is 0 Å². The van der Waals surface area contributed by atoms with Crippen molar-refractivity contribution in [3.8, 4) is 0 Å². The molecule has 0 bridgehead atoms. The van der Waals surface area contributed by atoms with Crippen LogP contribution in [0.15, 0.2) is 18.2 Å². The molecule has 102 valence electrons. The number of rotatable bonds is 1. The van der Waals surface area contributed by atoms with Gasteiger partial charge in [-0.1, -0.05) is 0 Å². The number of nitrogen functional groups attached to an aromatic ring is 1. The largest absolute Gasteiger partial charge is 0.399 e. The lowest BCUT2D eigenvalue weighted by atomic mass is 9.85. The van der Waals surface area contributed by atoms with Crippen molar-refractivity contribution in [1.29, 1.82) is 0 Å². The van der Waals surface area contributed by atoms with Crippen LogP contribution in [0.3, 0.4) is 0 Å². The Bertz CT molecular complexity index is 480. The predicted octanol–water partition coefficient (Wildman–Crippen LogP) is 1.68. The summed E-state index contributed by atoms with van der Waals surface area (Å²) in [6, 6.07) is 6.61. The smallest absolute Gasteiger partial charge is 0.220 e. The summed E-state index contributed by atoms with van der Waals surface area (Å²) in [6.07, 6.45) is 2.71. The van der Waals surface area contributed by atoms with Gasteiger partial charge in [-0.15, -0.1) is 0 Å². The molecule has 0 saturated carbocycles. The third-order valence-electron chi connectivity index (χ3n) is 4.27. The maximum atomic E-state index is 11.4. The highest BCUT2D eigenvalue weighted by atomic mass is 16.1. The van der Waals surface area contributed by atoms with Gasteiger partial charge in [-0.05, 0) is 49.4 Å². The molecule has 2 heterocycles. The molecular formula is C15H21N3O. The van der Waals surface area contributed by atoms with Gasteiger partial charge in [0.25, 0.3) is 0 Å². The van der Waals surface area contributed by atoms with Crippen LogP contribution in [0.5, 0.6) is 0 Å². The Hall–Kier alpha value is -1.71. The zero-order chi connectivity index (χ0) is 13.4. The number of hydrogen-bond donors (Lipinski definition) is 2. The van der Waals surface area contributed by atoms with Gasteiger partial charge >= 0.3 is 0 Å². The monoisotopic (exact) mass is 259 g/mol. The standard InChI is InChI=1S/C15H21N3O/c1-10-6-12(16)8-13(7-10)18-5-4-14-11(9-18)2-3-15(19)17-14/h6-8,11,14H,2-5,9,16H2,1H3,(H,17,19). The maximum Gasteiger partial charge on any atom is 0.220 e. The van der Waals surface area contributed by atoms with E-state index in [0.29, 0.717) is 18.4 Å². The quantitative estimate of drug-likeness (QED) is 0.754. The lowest BCUT2D eigenvalue weighted by molar-refractivity contribution is -0.124. The molecule has 3 N–H and O–H groups in total. The summed E-state index contributed by atoms with van der Waals surface area (Å²) >= 11 is 0. The molecule has 1 aromatic rings. The van der Waals surface area contributed by atoms with Crippen molar-refractivity contribution in [2.24, 2.45) is 5.92 Å². The van der Waals surface area contributed by atoms with Crippen LogP contribution in [0.2, 0.25) is 0 Å². The topological polar surface area (TPSA) is 58.4 Å². The minimum atomic E-state index is 0.217. The molecule has 2 aliphatic rings. The van der Waals surface area contributed by atoms with E-state index in [-0.39, 0.29) is 5.91 Å². The molecule has 19 heavy (non-hydrogen) atoms. The number of nitrogens with one attached hydrogen (secondary N) is 1. The number of benzene rings is 1. The zero-order valence-electron chi connectivity index (χ0n) is 11.4. The average Bonchev–Trinajstić information content (AvgIpc) is 2.37. The Labute approximate surface area is 114 Å². The fourth-order valence-electron chi connectivity index (χ4n) is 3.32. The van der Waals surface area contributed by atoms with Crippen LogP contribution in [0, 0.1) is 12.8 Å². The summed E-state index contributed by atoms with van der Waals surface area (Å²) in [5.74, 6) is 0.794. The molecular weight excluding hydrogens is 238 g/mol. The molecule has 0 aromatic heterocycles. The first-order valence-corrected chi connectivity index (χ1v) is 7.03. The van der Waals surface area contributed by atoms with Crippen LogP contribution >= 0.6 is 0 Å². The summed E-state index contributed by atoms with van der Waals surface area (Å²) in [6.45, 7) is 4.09. The van der Waals surface area contributed by atoms with Crippen molar-refractivity contribution < 1.29 is 4.79 Å². The number of carbonyl (C=O) groups is 1. The first-order chi connectivity index (χ1) is 9.11. The Morgan fingerprint density at radius 1 is 1.32 bits per heavy atom. The van der Waals surface area contributed by atoms with E-state index in [9.17, 15) is 4.79 Å². The number of anilines is 2. The first kappa shape index (κ1) is 12.3. The molecule has 3 rings (SSSR count). The molecule has 0 radical (unpaired) electrons. The number of nitrogens with two attached hydrogens (primary N) is 1. The highest BCUT2D eigenvalue weighted by Crippen LogP contribution is 2.30. The number of hydrogen-bond acceptors (Lipinski definition) is 3. The van der Waals surface area contributed by atoms with E-state index >= 15 is 0 Å². The Kier molecular flexibility index (Phi) is 3.09. The summed E-state index contributed by atoms with van der Waals surface area (Å²) < 4.78 is 0. The molecule has 2 atom stereocenters. The van der Waals surface area contributed by atoms with Gasteiger partial charge in [0, 0.05) is 36.9 Å². The van der Waals surface area contributed by atoms with Gasteiger partial charge in [0.1, 0.15) is 0 Å². The Balaban J connectivity index is 1.75. The molecule has 0 aliphatic carbocycles. The summed E-state index contributed by atoms with van der Waals surface area (Å²) in [5, 5.41) is 3.12. The van der Waals surface area contributed by atoms with E-state index in [2.05, 4.69) is 29.3 Å². The van der Waals surface area contributed by atoms with E-state index in [1.54, 1.807) is 0 Å². The van der Waals surface area contributed by atoms with E-state index in [1.807, 2.05) is 6.07 Å². The van der Waals surface area contributed by atoms with Crippen LogP contribution in [0.1, 0.15) is 24.8 Å². The molecule has 2 saturated heterocycles. The average molecular weight is 259 g/mol. The molecule has 0 spiro atoms. The SMILES string of the molecule is Cc1cc(N)cc(N2CCC3NC(=O)CCC3C2)c1. The lowest BCUT2D eigenvalue weighted by Crippen LogP contribution is -2.54. The van der Waals surface area contributed by atoms with E-state index in [4.69, 9.17) is 5.73 Å². The summed E-state index contributed by atoms with van der Waals surface area (Å²) in [7, 11) is 0. The molecule has 1 aromatic carbocycles. The highest BCUT2D eigenvalue weighted by Gasteiger charge is 2.33. The summed E-state index contributed by atoms with van der Waals surface area (Å²) in [5.41, 5.74) is 9.18. The molecule has 2 fully saturated rings. The third-order valence-corrected chi connectivity index (χ3v) is 4.27. The van der Waals surface area contributed by atoms with Gasteiger partial charge in [0.05, 0.1) is 0 Å². The van der Waals surface area contributed by atoms with Crippen LogP contribution in [0.25, 0.3) is 0 Å². The number of amides is 1. The van der Waals surface area contributed by atoms with Gasteiger partial charge in [0.2, 0.25) is 5.91 Å². The number of aryl methyl sites for hydroxylation is 1. The fourth-order valence-corrected chi connectivity index (χ4v) is 3.32. The van der Waals surface area contributed by atoms with Crippen LogP contribution < -0.4 is 16.0 Å². The highest BCUT2D eigenvalue weighted by molar-refractivity contribution is 5.77. The fraction of sp³-hybridized carbons (Fsp3) is 0.533. The van der Waals surface area contributed by atoms with E-state index in [0.717, 1.165) is 31.6 Å². The zero-order valence-corrected chi connectivity index (χ0v) is 11.4. The Morgan fingerprint density at radius 3 is 2.95 bits per heavy atom. The van der Waals surface area contributed by atoms with E-state index < -0.39 is 0 Å². The second kappa shape index (κ2) is 4.76. The normalized spacial score (nSPS) is 26.8. The predicted molar refractivity (Wildman–Crippen MR) is 77.1 cm³/mol. The number of piperidine rings is 2. The number of nitrogens with zero attached hydrogens (tertiary/aromatic N) is 1.